The molecule has 8 nitrogen and oxygen atoms in total. The van der Waals surface area contributed by atoms with Crippen molar-refractivity contribution in [2.24, 2.45) is 0 Å². The van der Waals surface area contributed by atoms with Crippen LogP contribution in [0.2, 0.25) is 0 Å². The largest absolute Gasteiger partial charge is 0.459 e. The van der Waals surface area contributed by atoms with Crippen LogP contribution in [0, 0.1) is 6.92 Å². The molecule has 1 aromatic heterocycles. The van der Waals surface area contributed by atoms with Gasteiger partial charge in [0.25, 0.3) is 5.91 Å². The first-order valence-electron chi connectivity index (χ1n) is 11.6. The highest BCUT2D eigenvalue weighted by Gasteiger charge is 2.28. The third-order valence-corrected chi connectivity index (χ3v) is 8.08. The molecule has 1 fully saturated rings. The summed E-state index contributed by atoms with van der Waals surface area (Å²) in [5, 5.41) is 5.51. The van der Waals surface area contributed by atoms with Gasteiger partial charge >= 0.3 is 0 Å². The molecule has 1 unspecified atom stereocenters. The van der Waals surface area contributed by atoms with E-state index in [-0.39, 0.29) is 17.1 Å². The standard InChI is InChI=1S/C26H29N3O5S/c1-19-12-13-21(18-24(19)35(32,33)29-14-6-3-7-15-29)27-25(30)22(17-20-9-4-2-5-10-20)28-26(31)23-11-8-16-34-23/h2,4-5,8-13,16,18,22H,3,6-7,14-15,17H2,1H3,(H,27,30)(H,28,31). The number of rotatable bonds is 8. The van der Waals surface area contributed by atoms with E-state index in [0.717, 1.165) is 24.8 Å². The van der Waals surface area contributed by atoms with Gasteiger partial charge in [-0.05, 0) is 55.2 Å². The minimum absolute atomic E-state index is 0.0982. The van der Waals surface area contributed by atoms with Gasteiger partial charge in [-0.3, -0.25) is 9.59 Å². The predicted octanol–water partition coefficient (Wildman–Crippen LogP) is 3.74. The molecule has 184 valence electrons. The fourth-order valence-corrected chi connectivity index (χ4v) is 5.89. The number of carbonyl (C=O) groups is 2. The Labute approximate surface area is 205 Å². The van der Waals surface area contributed by atoms with Crippen LogP contribution in [0.4, 0.5) is 5.69 Å². The van der Waals surface area contributed by atoms with Crippen LogP contribution in [0.1, 0.15) is 40.9 Å². The Kier molecular flexibility index (Phi) is 7.67. The van der Waals surface area contributed by atoms with Crippen molar-refractivity contribution < 1.29 is 22.4 Å². The van der Waals surface area contributed by atoms with E-state index in [9.17, 15) is 18.0 Å². The van der Waals surface area contributed by atoms with Crippen LogP contribution in [0.15, 0.2) is 76.2 Å². The van der Waals surface area contributed by atoms with Crippen LogP contribution in [0.5, 0.6) is 0 Å². The molecule has 0 bridgehead atoms. The van der Waals surface area contributed by atoms with E-state index in [2.05, 4.69) is 10.6 Å². The molecule has 1 saturated heterocycles. The summed E-state index contributed by atoms with van der Waals surface area (Å²) in [6.45, 7) is 2.73. The maximum absolute atomic E-state index is 13.3. The Hall–Kier alpha value is -3.43. The molecular weight excluding hydrogens is 466 g/mol. The topological polar surface area (TPSA) is 109 Å². The van der Waals surface area contributed by atoms with Gasteiger partial charge in [0.15, 0.2) is 5.76 Å². The van der Waals surface area contributed by atoms with Gasteiger partial charge in [0.1, 0.15) is 6.04 Å². The van der Waals surface area contributed by atoms with Crippen molar-refractivity contribution in [3.8, 4) is 0 Å². The molecule has 3 aromatic rings. The lowest BCUT2D eigenvalue weighted by atomic mass is 10.0. The van der Waals surface area contributed by atoms with Crippen LogP contribution < -0.4 is 10.6 Å². The first-order valence-corrected chi connectivity index (χ1v) is 13.1. The maximum atomic E-state index is 13.3. The lowest BCUT2D eigenvalue weighted by Crippen LogP contribution is -2.45. The van der Waals surface area contributed by atoms with Crippen LogP contribution in [-0.2, 0) is 21.2 Å². The van der Waals surface area contributed by atoms with E-state index < -0.39 is 27.9 Å². The quantitative estimate of drug-likeness (QED) is 0.495. The highest BCUT2D eigenvalue weighted by Crippen LogP contribution is 2.26. The zero-order chi connectivity index (χ0) is 24.8. The summed E-state index contributed by atoms with van der Waals surface area (Å²) in [6, 6.07) is 16.4. The van der Waals surface area contributed by atoms with Crippen LogP contribution >= 0.6 is 0 Å². The van der Waals surface area contributed by atoms with Crippen LogP contribution in [0.3, 0.4) is 0 Å². The Morgan fingerprint density at radius 2 is 1.74 bits per heavy atom. The van der Waals surface area contributed by atoms with Crippen molar-refractivity contribution >= 4 is 27.5 Å². The Bertz CT molecular complexity index is 1270. The number of carbonyl (C=O) groups excluding carboxylic acids is 2. The van der Waals surface area contributed by atoms with Crippen molar-refractivity contribution in [1.29, 1.82) is 0 Å². The summed E-state index contributed by atoms with van der Waals surface area (Å²) in [5.74, 6) is -0.872. The molecule has 0 aliphatic carbocycles. The molecule has 1 aliphatic rings. The zero-order valence-corrected chi connectivity index (χ0v) is 20.4. The number of aryl methyl sites for hydroxylation is 1. The summed E-state index contributed by atoms with van der Waals surface area (Å²) < 4.78 is 33.1. The van der Waals surface area contributed by atoms with Gasteiger partial charge in [0.2, 0.25) is 15.9 Å². The van der Waals surface area contributed by atoms with Crippen molar-refractivity contribution in [1.82, 2.24) is 9.62 Å². The Balaban J connectivity index is 1.56. The molecular formula is C26H29N3O5S. The number of piperidine rings is 1. The number of hydrogen-bond donors (Lipinski definition) is 2. The summed E-state index contributed by atoms with van der Waals surface area (Å²) in [6.07, 6.45) is 4.34. The fraction of sp³-hybridized carbons (Fsp3) is 0.308. The smallest absolute Gasteiger partial charge is 0.287 e. The van der Waals surface area contributed by atoms with Crippen molar-refractivity contribution in [3.63, 3.8) is 0 Å². The highest BCUT2D eigenvalue weighted by atomic mass is 32.2. The second-order valence-corrected chi connectivity index (χ2v) is 10.5. The van der Waals surface area contributed by atoms with E-state index in [4.69, 9.17) is 4.42 Å². The predicted molar refractivity (Wildman–Crippen MR) is 133 cm³/mol. The molecule has 35 heavy (non-hydrogen) atoms. The minimum Gasteiger partial charge on any atom is -0.459 e. The molecule has 9 heteroatoms. The molecule has 1 aliphatic heterocycles. The molecule has 2 amide bonds. The number of nitrogens with one attached hydrogen (secondary N) is 2. The Morgan fingerprint density at radius 1 is 1.00 bits per heavy atom. The minimum atomic E-state index is -3.67. The molecule has 0 radical (unpaired) electrons. The van der Waals surface area contributed by atoms with E-state index in [1.807, 2.05) is 30.3 Å². The van der Waals surface area contributed by atoms with Crippen molar-refractivity contribution in [2.45, 2.75) is 43.5 Å². The second kappa shape index (κ2) is 10.9. The number of amides is 2. The number of furan rings is 1. The first-order chi connectivity index (χ1) is 16.8. The average molecular weight is 496 g/mol. The highest BCUT2D eigenvalue weighted by molar-refractivity contribution is 7.89. The molecule has 1 atom stereocenters. The number of benzene rings is 2. The lowest BCUT2D eigenvalue weighted by molar-refractivity contribution is -0.118. The number of hydrogen-bond acceptors (Lipinski definition) is 5. The number of nitrogens with zero attached hydrogens (tertiary/aromatic N) is 1. The summed E-state index contributed by atoms with van der Waals surface area (Å²) in [4.78, 5) is 26.0. The van der Waals surface area contributed by atoms with Gasteiger partial charge in [-0.1, -0.05) is 42.8 Å². The monoisotopic (exact) mass is 495 g/mol. The molecule has 4 rings (SSSR count). The normalized spacial score (nSPS) is 15.3. The number of anilines is 1. The van der Waals surface area contributed by atoms with E-state index in [0.29, 0.717) is 24.3 Å². The van der Waals surface area contributed by atoms with Crippen molar-refractivity contribution in [3.05, 3.63) is 83.8 Å². The zero-order valence-electron chi connectivity index (χ0n) is 19.6. The SMILES string of the molecule is Cc1ccc(NC(=O)C(Cc2ccccc2)NC(=O)c2ccco2)cc1S(=O)(=O)N1CCCCC1. The average Bonchev–Trinajstić information content (AvgIpc) is 3.41. The lowest BCUT2D eigenvalue weighted by Gasteiger charge is -2.27. The van der Waals surface area contributed by atoms with Gasteiger partial charge < -0.3 is 15.1 Å². The maximum Gasteiger partial charge on any atom is 0.287 e. The van der Waals surface area contributed by atoms with Gasteiger partial charge in [-0.25, -0.2) is 8.42 Å². The van der Waals surface area contributed by atoms with Gasteiger partial charge in [-0.2, -0.15) is 4.31 Å². The van der Waals surface area contributed by atoms with Crippen LogP contribution in [0.25, 0.3) is 0 Å². The fourth-order valence-electron chi connectivity index (χ4n) is 4.13. The van der Waals surface area contributed by atoms with E-state index in [1.165, 1.54) is 22.7 Å². The van der Waals surface area contributed by atoms with Crippen LogP contribution in [-0.4, -0.2) is 43.7 Å². The van der Waals surface area contributed by atoms with E-state index in [1.54, 1.807) is 25.1 Å². The van der Waals surface area contributed by atoms with E-state index >= 15 is 0 Å². The van der Waals surface area contributed by atoms with Gasteiger partial charge in [0, 0.05) is 25.2 Å². The molecule has 0 spiro atoms. The summed E-state index contributed by atoms with van der Waals surface area (Å²) in [7, 11) is -3.67. The first kappa shape index (κ1) is 24.7. The number of sulfonamides is 1. The molecule has 0 saturated carbocycles. The molecule has 2 aromatic carbocycles. The van der Waals surface area contributed by atoms with Gasteiger partial charge in [0.05, 0.1) is 11.2 Å². The van der Waals surface area contributed by atoms with Crippen molar-refractivity contribution in [2.75, 3.05) is 18.4 Å². The van der Waals surface area contributed by atoms with Gasteiger partial charge in [-0.15, -0.1) is 0 Å². The molecule has 2 heterocycles. The third-order valence-electron chi connectivity index (χ3n) is 6.04. The summed E-state index contributed by atoms with van der Waals surface area (Å²) in [5.41, 5.74) is 1.83. The second-order valence-electron chi connectivity index (χ2n) is 8.63. The third kappa shape index (κ3) is 5.98. The summed E-state index contributed by atoms with van der Waals surface area (Å²) >= 11 is 0. The Morgan fingerprint density at radius 3 is 2.43 bits per heavy atom. The molecule has 2 N–H and O–H groups in total.